The Labute approximate surface area is 136 Å². The summed E-state index contributed by atoms with van der Waals surface area (Å²) in [5, 5.41) is 23.8. The number of hydrogen-bond acceptors (Lipinski definition) is 6. The Morgan fingerprint density at radius 2 is 2.22 bits per heavy atom. The van der Waals surface area contributed by atoms with E-state index in [0.717, 1.165) is 45.8 Å². The minimum Gasteiger partial charge on any atom is -0.508 e. The molecule has 0 bridgehead atoms. The van der Waals surface area contributed by atoms with E-state index in [0.29, 0.717) is 5.95 Å². The SMILES string of the molecule is N#Cc1scc2c1CCc1cnc(Nc3cccc(O)c3)nc1-2. The first-order chi connectivity index (χ1) is 11.2. The molecule has 23 heavy (non-hydrogen) atoms. The van der Waals surface area contributed by atoms with Crippen LogP contribution in [0.15, 0.2) is 35.8 Å². The second-order valence-electron chi connectivity index (χ2n) is 5.31. The van der Waals surface area contributed by atoms with Crippen molar-refractivity contribution >= 4 is 23.0 Å². The van der Waals surface area contributed by atoms with Crippen molar-refractivity contribution in [2.24, 2.45) is 0 Å². The van der Waals surface area contributed by atoms with Gasteiger partial charge in [-0.15, -0.1) is 11.3 Å². The normalized spacial score (nSPS) is 12.1. The molecule has 2 N–H and O–H groups in total. The Hall–Kier alpha value is -2.91. The van der Waals surface area contributed by atoms with Gasteiger partial charge in [0.1, 0.15) is 16.7 Å². The molecule has 1 aliphatic rings. The third kappa shape index (κ3) is 2.41. The van der Waals surface area contributed by atoms with Crippen LogP contribution in [0.5, 0.6) is 5.75 Å². The van der Waals surface area contributed by atoms with Crippen molar-refractivity contribution in [3.63, 3.8) is 0 Å². The maximum atomic E-state index is 9.53. The van der Waals surface area contributed by atoms with Crippen LogP contribution in [-0.4, -0.2) is 15.1 Å². The van der Waals surface area contributed by atoms with E-state index in [1.807, 2.05) is 17.6 Å². The van der Waals surface area contributed by atoms with Crippen molar-refractivity contribution < 1.29 is 5.11 Å². The molecule has 3 aromatic rings. The first-order valence-electron chi connectivity index (χ1n) is 7.17. The van der Waals surface area contributed by atoms with Crippen LogP contribution >= 0.6 is 11.3 Å². The maximum Gasteiger partial charge on any atom is 0.227 e. The highest BCUT2D eigenvalue weighted by molar-refractivity contribution is 7.11. The van der Waals surface area contributed by atoms with E-state index in [1.54, 1.807) is 18.2 Å². The molecular formula is C17H12N4OS. The summed E-state index contributed by atoms with van der Waals surface area (Å²) in [5.74, 6) is 0.665. The molecule has 0 aliphatic heterocycles. The van der Waals surface area contributed by atoms with Gasteiger partial charge in [-0.2, -0.15) is 5.26 Å². The van der Waals surface area contributed by atoms with Crippen molar-refractivity contribution in [3.8, 4) is 23.1 Å². The second-order valence-corrected chi connectivity index (χ2v) is 6.19. The van der Waals surface area contributed by atoms with Crippen molar-refractivity contribution in [3.05, 3.63) is 51.8 Å². The summed E-state index contributed by atoms with van der Waals surface area (Å²) >= 11 is 1.47. The number of nitrogens with zero attached hydrogens (tertiary/aromatic N) is 3. The van der Waals surface area contributed by atoms with E-state index < -0.39 is 0 Å². The van der Waals surface area contributed by atoms with Gasteiger partial charge in [0.05, 0.1) is 5.69 Å². The van der Waals surface area contributed by atoms with Crippen LogP contribution < -0.4 is 5.32 Å². The summed E-state index contributed by atoms with van der Waals surface area (Å²) in [6.07, 6.45) is 3.54. The second kappa shape index (κ2) is 5.38. The monoisotopic (exact) mass is 320 g/mol. The van der Waals surface area contributed by atoms with Gasteiger partial charge in [0.25, 0.3) is 0 Å². The molecule has 0 saturated carbocycles. The summed E-state index contributed by atoms with van der Waals surface area (Å²) in [6.45, 7) is 0. The molecule has 0 radical (unpaired) electrons. The maximum absolute atomic E-state index is 9.53. The Balaban J connectivity index is 1.73. The quantitative estimate of drug-likeness (QED) is 0.753. The highest BCUT2D eigenvalue weighted by Gasteiger charge is 2.22. The third-order valence-corrected chi connectivity index (χ3v) is 4.79. The molecule has 1 aromatic carbocycles. The predicted octanol–water partition coefficient (Wildman–Crippen LogP) is 3.62. The van der Waals surface area contributed by atoms with Crippen LogP contribution in [0, 0.1) is 11.3 Å². The molecule has 4 rings (SSSR count). The van der Waals surface area contributed by atoms with E-state index in [2.05, 4.69) is 21.4 Å². The summed E-state index contributed by atoms with van der Waals surface area (Å²) in [4.78, 5) is 9.74. The highest BCUT2D eigenvalue weighted by Crippen LogP contribution is 2.37. The molecule has 0 saturated heterocycles. The Kier molecular flexibility index (Phi) is 3.21. The predicted molar refractivity (Wildman–Crippen MR) is 88.9 cm³/mol. The van der Waals surface area contributed by atoms with E-state index in [4.69, 9.17) is 0 Å². The fraction of sp³-hybridized carbons (Fsp3) is 0.118. The highest BCUT2D eigenvalue weighted by atomic mass is 32.1. The Morgan fingerprint density at radius 3 is 3.04 bits per heavy atom. The van der Waals surface area contributed by atoms with Gasteiger partial charge < -0.3 is 10.4 Å². The van der Waals surface area contributed by atoms with Gasteiger partial charge in [0.15, 0.2) is 0 Å². The smallest absolute Gasteiger partial charge is 0.227 e. The van der Waals surface area contributed by atoms with Crippen molar-refractivity contribution in [2.75, 3.05) is 5.32 Å². The molecule has 6 heteroatoms. The number of thiophene rings is 1. The summed E-state index contributed by atoms with van der Waals surface area (Å²) in [6, 6.07) is 9.08. The molecule has 0 unspecified atom stereocenters. The van der Waals surface area contributed by atoms with Gasteiger partial charge in [-0.3, -0.25) is 0 Å². The van der Waals surface area contributed by atoms with Crippen molar-refractivity contribution in [1.29, 1.82) is 5.26 Å². The van der Waals surface area contributed by atoms with E-state index in [-0.39, 0.29) is 5.75 Å². The Morgan fingerprint density at radius 1 is 1.30 bits per heavy atom. The third-order valence-electron chi connectivity index (χ3n) is 3.86. The lowest BCUT2D eigenvalue weighted by Crippen LogP contribution is -2.08. The fourth-order valence-electron chi connectivity index (χ4n) is 2.78. The summed E-state index contributed by atoms with van der Waals surface area (Å²) in [7, 11) is 0. The lowest BCUT2D eigenvalue weighted by molar-refractivity contribution is 0.475. The average molecular weight is 320 g/mol. The lowest BCUT2D eigenvalue weighted by atomic mass is 9.92. The largest absolute Gasteiger partial charge is 0.508 e. The summed E-state index contributed by atoms with van der Waals surface area (Å²) in [5.41, 5.74) is 4.84. The zero-order valence-corrected chi connectivity index (χ0v) is 12.9. The number of aromatic hydroxyl groups is 1. The zero-order valence-electron chi connectivity index (χ0n) is 12.1. The fourth-order valence-corrected chi connectivity index (χ4v) is 3.68. The molecule has 2 heterocycles. The number of nitrogens with one attached hydrogen (secondary N) is 1. The van der Waals surface area contributed by atoms with Gasteiger partial charge in [-0.25, -0.2) is 9.97 Å². The lowest BCUT2D eigenvalue weighted by Gasteiger charge is -2.16. The topological polar surface area (TPSA) is 81.8 Å². The first-order valence-corrected chi connectivity index (χ1v) is 8.05. The molecule has 5 nitrogen and oxygen atoms in total. The number of rotatable bonds is 2. The number of nitriles is 1. The van der Waals surface area contributed by atoms with E-state index in [1.165, 1.54) is 11.3 Å². The zero-order chi connectivity index (χ0) is 15.8. The molecule has 1 aliphatic carbocycles. The number of phenols is 1. The number of benzene rings is 1. The van der Waals surface area contributed by atoms with Crippen LogP contribution in [-0.2, 0) is 12.8 Å². The standard InChI is InChI=1S/C17H12N4OS/c18-7-15-13-5-4-10-8-19-17(21-16(10)14(13)9-23-15)20-11-2-1-3-12(22)6-11/h1-3,6,8-9,22H,4-5H2,(H,19,20,21). The van der Waals surface area contributed by atoms with Gasteiger partial charge in [-0.1, -0.05) is 6.07 Å². The Bertz CT molecular complexity index is 942. The molecule has 0 fully saturated rings. The van der Waals surface area contributed by atoms with Gasteiger partial charge in [0, 0.05) is 28.9 Å². The van der Waals surface area contributed by atoms with E-state index in [9.17, 15) is 10.4 Å². The van der Waals surface area contributed by atoms with Crippen molar-refractivity contribution in [1.82, 2.24) is 9.97 Å². The van der Waals surface area contributed by atoms with Crippen LogP contribution in [0.1, 0.15) is 16.0 Å². The van der Waals surface area contributed by atoms with Gasteiger partial charge in [0.2, 0.25) is 5.95 Å². The summed E-state index contributed by atoms with van der Waals surface area (Å²) < 4.78 is 0. The molecule has 0 atom stereocenters. The van der Waals surface area contributed by atoms with Crippen molar-refractivity contribution in [2.45, 2.75) is 12.8 Å². The minimum absolute atomic E-state index is 0.187. The molecule has 2 aromatic heterocycles. The number of phenolic OH excluding ortho intramolecular Hbond substituents is 1. The average Bonchev–Trinajstić information content (AvgIpc) is 2.98. The first kappa shape index (κ1) is 13.7. The van der Waals surface area contributed by atoms with Gasteiger partial charge >= 0.3 is 0 Å². The minimum atomic E-state index is 0.187. The number of fused-ring (bicyclic) bond motifs is 3. The van der Waals surface area contributed by atoms with Crippen LogP contribution in [0.25, 0.3) is 11.3 Å². The van der Waals surface area contributed by atoms with Gasteiger partial charge in [-0.05, 0) is 36.1 Å². The molecule has 0 amide bonds. The number of hydrogen-bond donors (Lipinski definition) is 2. The molecular weight excluding hydrogens is 308 g/mol. The number of anilines is 2. The van der Waals surface area contributed by atoms with E-state index >= 15 is 0 Å². The number of aryl methyl sites for hydroxylation is 1. The molecule has 0 spiro atoms. The number of aromatic nitrogens is 2. The van der Waals surface area contributed by atoms with Crippen LogP contribution in [0.3, 0.4) is 0 Å². The molecule has 112 valence electrons. The van der Waals surface area contributed by atoms with Crippen LogP contribution in [0.2, 0.25) is 0 Å². The van der Waals surface area contributed by atoms with Crippen LogP contribution in [0.4, 0.5) is 11.6 Å².